The molecule has 1 aliphatic rings. The Hall–Kier alpha value is -1.39. The smallest absolute Gasteiger partial charge is 0.0843 e. The van der Waals surface area contributed by atoms with Gasteiger partial charge < -0.3 is 5.73 Å². The van der Waals surface area contributed by atoms with E-state index in [0.29, 0.717) is 12.1 Å². The minimum Gasteiger partial charge on any atom is -0.326 e. The topological polar surface area (TPSA) is 47.1 Å². The van der Waals surface area contributed by atoms with Crippen LogP contribution in [0, 0.1) is 0 Å². The fourth-order valence-electron chi connectivity index (χ4n) is 3.00. The Balaban J connectivity index is 1.93. The van der Waals surface area contributed by atoms with Gasteiger partial charge in [0.1, 0.15) is 0 Å². The van der Waals surface area contributed by atoms with Gasteiger partial charge in [0, 0.05) is 37.1 Å². The number of aromatic nitrogens is 2. The molecular weight excluding hydrogens is 236 g/mol. The fourth-order valence-corrected chi connectivity index (χ4v) is 3.00. The Morgan fingerprint density at radius 1 is 1.37 bits per heavy atom. The number of aryl methyl sites for hydroxylation is 1. The average Bonchev–Trinajstić information content (AvgIpc) is 2.95. The molecule has 0 saturated carbocycles. The van der Waals surface area contributed by atoms with Gasteiger partial charge in [0.25, 0.3) is 0 Å². The SMILES string of the molecule is CCn1nc(CN2CCC(N)C2C)c2ccccc21. The van der Waals surface area contributed by atoms with Crippen LogP contribution in [-0.2, 0) is 13.1 Å². The van der Waals surface area contributed by atoms with Crippen molar-refractivity contribution in [1.29, 1.82) is 0 Å². The van der Waals surface area contributed by atoms with Gasteiger partial charge in [-0.05, 0) is 26.3 Å². The molecule has 102 valence electrons. The van der Waals surface area contributed by atoms with E-state index in [0.717, 1.165) is 26.1 Å². The zero-order chi connectivity index (χ0) is 13.4. The summed E-state index contributed by atoms with van der Waals surface area (Å²) in [6, 6.07) is 9.24. The molecule has 19 heavy (non-hydrogen) atoms. The lowest BCUT2D eigenvalue weighted by Gasteiger charge is -2.21. The minimum atomic E-state index is 0.305. The molecular formula is C15H22N4. The molecule has 1 fully saturated rings. The van der Waals surface area contributed by atoms with E-state index in [1.54, 1.807) is 0 Å². The Morgan fingerprint density at radius 2 is 2.16 bits per heavy atom. The Kier molecular flexibility index (Phi) is 3.29. The van der Waals surface area contributed by atoms with Crippen molar-refractivity contribution in [2.24, 2.45) is 5.73 Å². The quantitative estimate of drug-likeness (QED) is 0.915. The standard InChI is InChI=1S/C15H22N4/c1-3-19-15-7-5-4-6-12(15)14(17-19)10-18-9-8-13(16)11(18)2/h4-7,11,13H,3,8-10,16H2,1-2H3. The summed E-state index contributed by atoms with van der Waals surface area (Å²) in [5.41, 5.74) is 8.51. The number of nitrogens with zero attached hydrogens (tertiary/aromatic N) is 3. The molecule has 0 bridgehead atoms. The highest BCUT2D eigenvalue weighted by molar-refractivity contribution is 5.81. The third-order valence-electron chi connectivity index (χ3n) is 4.33. The summed E-state index contributed by atoms with van der Waals surface area (Å²) in [5.74, 6) is 0. The van der Waals surface area contributed by atoms with Gasteiger partial charge in [-0.15, -0.1) is 0 Å². The van der Waals surface area contributed by atoms with E-state index in [2.05, 4.69) is 47.7 Å². The van der Waals surface area contributed by atoms with Crippen LogP contribution in [0.4, 0.5) is 0 Å². The second-order valence-electron chi connectivity index (χ2n) is 5.44. The van der Waals surface area contributed by atoms with Gasteiger partial charge in [0.2, 0.25) is 0 Å². The van der Waals surface area contributed by atoms with Crippen LogP contribution in [0.25, 0.3) is 10.9 Å². The van der Waals surface area contributed by atoms with Gasteiger partial charge in [0.05, 0.1) is 11.2 Å². The van der Waals surface area contributed by atoms with Crippen molar-refractivity contribution < 1.29 is 0 Å². The summed E-state index contributed by atoms with van der Waals surface area (Å²) in [6.07, 6.45) is 1.09. The number of hydrogen-bond donors (Lipinski definition) is 1. The predicted octanol–water partition coefficient (Wildman–Crippen LogP) is 1.98. The maximum absolute atomic E-state index is 6.10. The third kappa shape index (κ3) is 2.15. The van der Waals surface area contributed by atoms with Crippen LogP contribution in [0.15, 0.2) is 24.3 Å². The van der Waals surface area contributed by atoms with Crippen molar-refractivity contribution in [3.63, 3.8) is 0 Å². The lowest BCUT2D eigenvalue weighted by atomic mass is 10.1. The molecule has 0 aliphatic carbocycles. The Bertz CT molecular complexity index is 575. The van der Waals surface area contributed by atoms with Gasteiger partial charge in [-0.3, -0.25) is 9.58 Å². The highest BCUT2D eigenvalue weighted by atomic mass is 15.3. The van der Waals surface area contributed by atoms with Crippen LogP contribution in [-0.4, -0.2) is 33.3 Å². The van der Waals surface area contributed by atoms with Gasteiger partial charge in [-0.25, -0.2) is 0 Å². The maximum Gasteiger partial charge on any atom is 0.0843 e. The van der Waals surface area contributed by atoms with E-state index >= 15 is 0 Å². The zero-order valence-electron chi connectivity index (χ0n) is 11.7. The van der Waals surface area contributed by atoms with Gasteiger partial charge in [-0.2, -0.15) is 5.10 Å². The van der Waals surface area contributed by atoms with Gasteiger partial charge in [-0.1, -0.05) is 18.2 Å². The summed E-state index contributed by atoms with van der Waals surface area (Å²) >= 11 is 0. The summed E-state index contributed by atoms with van der Waals surface area (Å²) in [7, 11) is 0. The molecule has 2 heterocycles. The molecule has 2 aromatic rings. The first-order valence-corrected chi connectivity index (χ1v) is 7.14. The molecule has 0 spiro atoms. The van der Waals surface area contributed by atoms with Crippen molar-refractivity contribution in [2.45, 2.75) is 45.4 Å². The van der Waals surface area contributed by atoms with Crippen LogP contribution >= 0.6 is 0 Å². The number of hydrogen-bond acceptors (Lipinski definition) is 3. The van der Waals surface area contributed by atoms with E-state index in [9.17, 15) is 0 Å². The van der Waals surface area contributed by atoms with Crippen LogP contribution in [0.3, 0.4) is 0 Å². The summed E-state index contributed by atoms with van der Waals surface area (Å²) in [4.78, 5) is 2.44. The number of nitrogens with two attached hydrogens (primary N) is 1. The first-order chi connectivity index (χ1) is 9.20. The van der Waals surface area contributed by atoms with E-state index in [1.807, 2.05) is 0 Å². The fraction of sp³-hybridized carbons (Fsp3) is 0.533. The molecule has 0 amide bonds. The number of para-hydroxylation sites is 1. The predicted molar refractivity (Wildman–Crippen MR) is 77.9 cm³/mol. The number of benzene rings is 1. The maximum atomic E-state index is 6.10. The third-order valence-corrected chi connectivity index (χ3v) is 4.33. The molecule has 4 nitrogen and oxygen atoms in total. The van der Waals surface area contributed by atoms with Gasteiger partial charge >= 0.3 is 0 Å². The summed E-state index contributed by atoms with van der Waals surface area (Å²) in [6.45, 7) is 7.25. The van der Waals surface area contributed by atoms with E-state index < -0.39 is 0 Å². The van der Waals surface area contributed by atoms with Crippen LogP contribution in [0.1, 0.15) is 26.0 Å². The minimum absolute atomic E-state index is 0.305. The van der Waals surface area contributed by atoms with Crippen molar-refractivity contribution in [2.75, 3.05) is 6.54 Å². The van der Waals surface area contributed by atoms with Crippen LogP contribution in [0.2, 0.25) is 0 Å². The highest BCUT2D eigenvalue weighted by Gasteiger charge is 2.28. The molecule has 3 rings (SSSR count). The van der Waals surface area contributed by atoms with Crippen molar-refractivity contribution in [1.82, 2.24) is 14.7 Å². The molecule has 1 aromatic carbocycles. The lowest BCUT2D eigenvalue weighted by molar-refractivity contribution is 0.249. The first-order valence-electron chi connectivity index (χ1n) is 7.14. The largest absolute Gasteiger partial charge is 0.326 e. The van der Waals surface area contributed by atoms with Crippen molar-refractivity contribution >= 4 is 10.9 Å². The number of fused-ring (bicyclic) bond motifs is 1. The summed E-state index contributed by atoms with van der Waals surface area (Å²) in [5, 5.41) is 6.04. The second-order valence-corrected chi connectivity index (χ2v) is 5.44. The van der Waals surface area contributed by atoms with E-state index in [-0.39, 0.29) is 0 Å². The zero-order valence-corrected chi connectivity index (χ0v) is 11.7. The number of rotatable bonds is 3. The monoisotopic (exact) mass is 258 g/mol. The summed E-state index contributed by atoms with van der Waals surface area (Å²) < 4.78 is 2.09. The first kappa shape index (κ1) is 12.6. The number of likely N-dealkylation sites (tertiary alicyclic amines) is 1. The Labute approximate surface area is 114 Å². The molecule has 4 heteroatoms. The normalized spacial score (nSPS) is 24.4. The van der Waals surface area contributed by atoms with Crippen molar-refractivity contribution in [3.8, 4) is 0 Å². The molecule has 1 saturated heterocycles. The molecule has 2 atom stereocenters. The van der Waals surface area contributed by atoms with E-state index in [4.69, 9.17) is 10.8 Å². The highest BCUT2D eigenvalue weighted by Crippen LogP contribution is 2.23. The van der Waals surface area contributed by atoms with Crippen LogP contribution < -0.4 is 5.73 Å². The van der Waals surface area contributed by atoms with Gasteiger partial charge in [0.15, 0.2) is 0 Å². The molecule has 1 aliphatic heterocycles. The van der Waals surface area contributed by atoms with Crippen molar-refractivity contribution in [3.05, 3.63) is 30.0 Å². The second kappa shape index (κ2) is 4.94. The Morgan fingerprint density at radius 3 is 2.84 bits per heavy atom. The molecule has 2 N–H and O–H groups in total. The molecule has 1 aromatic heterocycles. The van der Waals surface area contributed by atoms with E-state index in [1.165, 1.54) is 16.6 Å². The lowest BCUT2D eigenvalue weighted by Crippen LogP contribution is -2.36. The molecule has 0 radical (unpaired) electrons. The molecule has 2 unspecified atom stereocenters. The average molecular weight is 258 g/mol. The van der Waals surface area contributed by atoms with Crippen LogP contribution in [0.5, 0.6) is 0 Å².